The maximum absolute atomic E-state index is 13.8. The quantitative estimate of drug-likeness (QED) is 0.943. The van der Waals surface area contributed by atoms with Crippen molar-refractivity contribution < 1.29 is 13.9 Å². The molecule has 0 amide bonds. The molecule has 0 saturated carbocycles. The van der Waals surface area contributed by atoms with Crippen molar-refractivity contribution in [3.63, 3.8) is 0 Å². The second kappa shape index (κ2) is 6.14. The molecule has 1 fully saturated rings. The third-order valence-electron chi connectivity index (χ3n) is 4.19. The van der Waals surface area contributed by atoms with Gasteiger partial charge in [0.1, 0.15) is 5.69 Å². The van der Waals surface area contributed by atoms with Crippen molar-refractivity contribution in [3.05, 3.63) is 47.8 Å². The van der Waals surface area contributed by atoms with Crippen molar-refractivity contribution in [2.24, 2.45) is 5.92 Å². The molecule has 1 aliphatic rings. The SMILES string of the molecule is CC(O)C1CCN(Cc2ccn(-c3c(F)cccc3F)n2)C1. The molecule has 2 heterocycles. The van der Waals surface area contributed by atoms with Crippen LogP contribution in [0.2, 0.25) is 0 Å². The number of aliphatic hydroxyl groups is 1. The third-order valence-corrected chi connectivity index (χ3v) is 4.19. The number of hydrogen-bond acceptors (Lipinski definition) is 3. The summed E-state index contributed by atoms with van der Waals surface area (Å²) in [5.74, 6) is -0.985. The van der Waals surface area contributed by atoms with Gasteiger partial charge in [0.25, 0.3) is 0 Å². The molecule has 1 aromatic carbocycles. The van der Waals surface area contributed by atoms with Crippen molar-refractivity contribution in [2.75, 3.05) is 13.1 Å². The van der Waals surface area contributed by atoms with E-state index < -0.39 is 11.6 Å². The molecule has 2 unspecified atom stereocenters. The molecular formula is C16H19F2N3O. The molecule has 1 aliphatic heterocycles. The summed E-state index contributed by atoms with van der Waals surface area (Å²) in [4.78, 5) is 2.20. The Morgan fingerprint density at radius 1 is 1.32 bits per heavy atom. The molecule has 6 heteroatoms. The van der Waals surface area contributed by atoms with Gasteiger partial charge in [0, 0.05) is 19.3 Å². The van der Waals surface area contributed by atoms with Crippen LogP contribution in [0.3, 0.4) is 0 Å². The van der Waals surface area contributed by atoms with Crippen LogP contribution in [0.4, 0.5) is 8.78 Å². The van der Waals surface area contributed by atoms with Crippen LogP contribution in [0.5, 0.6) is 0 Å². The normalized spacial score (nSPS) is 20.5. The first-order chi connectivity index (χ1) is 10.5. The fraction of sp³-hybridized carbons (Fsp3) is 0.438. The molecule has 0 aliphatic carbocycles. The molecule has 2 aromatic rings. The van der Waals surface area contributed by atoms with Gasteiger partial charge in [-0.2, -0.15) is 5.10 Å². The number of para-hydroxylation sites is 1. The number of nitrogens with zero attached hydrogens (tertiary/aromatic N) is 3. The minimum atomic E-state index is -0.634. The van der Waals surface area contributed by atoms with E-state index in [0.29, 0.717) is 6.54 Å². The Hall–Kier alpha value is -1.79. The zero-order chi connectivity index (χ0) is 15.7. The van der Waals surface area contributed by atoms with Gasteiger partial charge in [-0.3, -0.25) is 4.90 Å². The summed E-state index contributed by atoms with van der Waals surface area (Å²) in [5, 5.41) is 13.9. The molecule has 1 aromatic heterocycles. The van der Waals surface area contributed by atoms with Crippen LogP contribution in [0.15, 0.2) is 30.5 Å². The van der Waals surface area contributed by atoms with Crippen LogP contribution in [0.25, 0.3) is 5.69 Å². The molecular weight excluding hydrogens is 288 g/mol. The van der Waals surface area contributed by atoms with E-state index in [9.17, 15) is 13.9 Å². The Kier molecular flexibility index (Phi) is 4.22. The summed E-state index contributed by atoms with van der Waals surface area (Å²) in [6.07, 6.45) is 2.22. The Morgan fingerprint density at radius 3 is 2.68 bits per heavy atom. The molecule has 0 radical (unpaired) electrons. The molecule has 4 nitrogen and oxygen atoms in total. The van der Waals surface area contributed by atoms with Crippen LogP contribution in [0.1, 0.15) is 19.0 Å². The lowest BCUT2D eigenvalue weighted by Crippen LogP contribution is -2.24. The zero-order valence-corrected chi connectivity index (χ0v) is 12.4. The molecule has 118 valence electrons. The van der Waals surface area contributed by atoms with E-state index in [1.165, 1.54) is 22.9 Å². The van der Waals surface area contributed by atoms with Gasteiger partial charge in [0.05, 0.1) is 11.8 Å². The Labute approximate surface area is 128 Å². The Balaban J connectivity index is 1.72. The molecule has 22 heavy (non-hydrogen) atoms. The molecule has 1 saturated heterocycles. The Morgan fingerprint density at radius 2 is 2.05 bits per heavy atom. The maximum Gasteiger partial charge on any atom is 0.151 e. The van der Waals surface area contributed by atoms with E-state index >= 15 is 0 Å². The summed E-state index contributed by atoms with van der Waals surface area (Å²) in [5.41, 5.74) is 0.603. The van der Waals surface area contributed by atoms with Crippen LogP contribution in [0, 0.1) is 17.6 Å². The number of benzene rings is 1. The van der Waals surface area contributed by atoms with E-state index in [0.717, 1.165) is 25.2 Å². The molecule has 0 spiro atoms. The molecule has 2 atom stereocenters. The number of hydrogen-bond donors (Lipinski definition) is 1. The van der Waals surface area contributed by atoms with Gasteiger partial charge >= 0.3 is 0 Å². The lowest BCUT2D eigenvalue weighted by atomic mass is 10.0. The van der Waals surface area contributed by atoms with Gasteiger partial charge in [-0.15, -0.1) is 0 Å². The average molecular weight is 307 g/mol. The van der Waals surface area contributed by atoms with Gasteiger partial charge in [0.2, 0.25) is 0 Å². The van der Waals surface area contributed by atoms with Gasteiger partial charge in [-0.25, -0.2) is 13.5 Å². The summed E-state index contributed by atoms with van der Waals surface area (Å²) in [6.45, 7) is 4.14. The van der Waals surface area contributed by atoms with Crippen molar-refractivity contribution in [3.8, 4) is 5.69 Å². The number of rotatable bonds is 4. The van der Waals surface area contributed by atoms with E-state index in [2.05, 4.69) is 10.00 Å². The monoisotopic (exact) mass is 307 g/mol. The topological polar surface area (TPSA) is 41.3 Å². The lowest BCUT2D eigenvalue weighted by Gasteiger charge is -2.16. The highest BCUT2D eigenvalue weighted by Crippen LogP contribution is 2.22. The fourth-order valence-corrected chi connectivity index (χ4v) is 2.91. The van der Waals surface area contributed by atoms with Gasteiger partial charge in [-0.05, 0) is 44.0 Å². The molecule has 3 rings (SSSR count). The fourth-order valence-electron chi connectivity index (χ4n) is 2.91. The van der Waals surface area contributed by atoms with Crippen molar-refractivity contribution in [2.45, 2.75) is 26.0 Å². The number of aromatic nitrogens is 2. The van der Waals surface area contributed by atoms with Crippen molar-refractivity contribution in [1.29, 1.82) is 0 Å². The predicted octanol–water partition coefficient (Wildman–Crippen LogP) is 2.35. The number of likely N-dealkylation sites (tertiary alicyclic amines) is 1. The molecule has 0 bridgehead atoms. The highest BCUT2D eigenvalue weighted by atomic mass is 19.1. The van der Waals surface area contributed by atoms with E-state index in [1.54, 1.807) is 12.3 Å². The smallest absolute Gasteiger partial charge is 0.151 e. The lowest BCUT2D eigenvalue weighted by molar-refractivity contribution is 0.127. The Bertz CT molecular complexity index is 636. The third kappa shape index (κ3) is 3.03. The van der Waals surface area contributed by atoms with Crippen molar-refractivity contribution in [1.82, 2.24) is 14.7 Å². The first kappa shape index (κ1) is 15.1. The summed E-state index contributed by atoms with van der Waals surface area (Å²) >= 11 is 0. The van der Waals surface area contributed by atoms with Crippen molar-refractivity contribution >= 4 is 0 Å². The van der Waals surface area contributed by atoms with E-state index in [1.807, 2.05) is 6.92 Å². The van der Waals surface area contributed by atoms with E-state index in [-0.39, 0.29) is 17.7 Å². The summed E-state index contributed by atoms with van der Waals surface area (Å²) < 4.78 is 28.7. The first-order valence-corrected chi connectivity index (χ1v) is 7.44. The predicted molar refractivity (Wildman–Crippen MR) is 78.5 cm³/mol. The highest BCUT2D eigenvalue weighted by molar-refractivity contribution is 5.34. The summed E-state index contributed by atoms with van der Waals surface area (Å²) in [6, 6.07) is 5.53. The first-order valence-electron chi connectivity index (χ1n) is 7.44. The number of aliphatic hydroxyl groups excluding tert-OH is 1. The van der Waals surface area contributed by atoms with Crippen LogP contribution in [-0.2, 0) is 6.54 Å². The molecule has 1 N–H and O–H groups in total. The van der Waals surface area contributed by atoms with E-state index in [4.69, 9.17) is 0 Å². The van der Waals surface area contributed by atoms with Gasteiger partial charge in [-0.1, -0.05) is 6.07 Å². The highest BCUT2D eigenvalue weighted by Gasteiger charge is 2.26. The minimum absolute atomic E-state index is 0.156. The van der Waals surface area contributed by atoms with Gasteiger partial charge in [0.15, 0.2) is 11.6 Å². The number of halogens is 2. The standard InChI is InChI=1S/C16H19F2N3O/c1-11(22)12-5-7-20(9-12)10-13-6-8-21(19-13)16-14(17)3-2-4-15(16)18/h2-4,6,8,11-12,22H,5,7,9-10H2,1H3. The van der Waals surface area contributed by atoms with Crippen LogP contribution < -0.4 is 0 Å². The zero-order valence-electron chi connectivity index (χ0n) is 12.4. The van der Waals surface area contributed by atoms with Gasteiger partial charge < -0.3 is 5.11 Å². The maximum atomic E-state index is 13.8. The average Bonchev–Trinajstić information content (AvgIpc) is 3.09. The largest absolute Gasteiger partial charge is 0.393 e. The minimum Gasteiger partial charge on any atom is -0.393 e. The second-order valence-electron chi connectivity index (χ2n) is 5.85. The van der Waals surface area contributed by atoms with Crippen LogP contribution in [-0.4, -0.2) is 39.0 Å². The second-order valence-corrected chi connectivity index (χ2v) is 5.85. The van der Waals surface area contributed by atoms with Crippen LogP contribution >= 0.6 is 0 Å². The summed E-state index contributed by atoms with van der Waals surface area (Å²) in [7, 11) is 0.